The molecule has 2 aliphatic rings. The molecule has 0 fully saturated rings. The first kappa shape index (κ1) is 31.2. The second-order valence-corrected chi connectivity index (χ2v) is 12.7. The van der Waals surface area contributed by atoms with E-state index >= 15 is 0 Å². The summed E-state index contributed by atoms with van der Waals surface area (Å²) in [4.78, 5) is 33.3. The fourth-order valence-electron chi connectivity index (χ4n) is 5.55. The van der Waals surface area contributed by atoms with Gasteiger partial charge in [-0.3, -0.25) is 9.36 Å². The van der Waals surface area contributed by atoms with Crippen molar-refractivity contribution in [2.45, 2.75) is 19.6 Å². The summed E-state index contributed by atoms with van der Waals surface area (Å²) < 4.78 is 25.5. The molecule has 0 radical (unpaired) electrons. The third kappa shape index (κ3) is 6.03. The number of rotatable bonds is 8. The maximum absolute atomic E-state index is 14.3. The third-order valence-corrected chi connectivity index (χ3v) is 9.42. The molecule has 48 heavy (non-hydrogen) atoms. The summed E-state index contributed by atoms with van der Waals surface area (Å²) >= 11 is 4.85. The minimum Gasteiger partial charge on any atom is -0.488 e. The van der Waals surface area contributed by atoms with Gasteiger partial charge in [0.15, 0.2) is 16.3 Å². The number of nitrogens with zero attached hydrogens (tertiary/aromatic N) is 3. The van der Waals surface area contributed by atoms with E-state index in [9.17, 15) is 9.59 Å². The number of thiazole rings is 1. The second-order valence-electron chi connectivity index (χ2n) is 10.8. The molecule has 0 N–H and O–H groups in total. The van der Waals surface area contributed by atoms with E-state index in [-0.39, 0.29) is 24.5 Å². The Morgan fingerprint density at radius 1 is 1.06 bits per heavy atom. The average molecular weight is 721 g/mol. The van der Waals surface area contributed by atoms with Gasteiger partial charge < -0.3 is 18.9 Å². The Labute approximate surface area is 287 Å². The largest absolute Gasteiger partial charge is 0.488 e. The lowest BCUT2D eigenvalue weighted by atomic mass is 9.93. The standard InChI is InChI=1S/C37H26BrN3O6S/c1-2-44-36(43)32-33(25-6-4-3-5-7-25)40-37-41(34(32)26-13-15-29-30(18-26)47-21-46-29)35(42)31(48-37)17-24-12-14-28(27(38)16-24)45-20-23-10-8-22(19-39)9-11-23/h3-18,34H,2,20-21H2,1H3/b31-17-/t34-/m0/s1. The topological polar surface area (TPSA) is 112 Å². The lowest BCUT2D eigenvalue weighted by Crippen LogP contribution is -2.40. The molecular weight excluding hydrogens is 694 g/mol. The van der Waals surface area contributed by atoms with Gasteiger partial charge in [0, 0.05) is 5.56 Å². The number of fused-ring (bicyclic) bond motifs is 2. The number of esters is 1. The van der Waals surface area contributed by atoms with Gasteiger partial charge in [0.25, 0.3) is 5.56 Å². The Morgan fingerprint density at radius 2 is 1.85 bits per heavy atom. The van der Waals surface area contributed by atoms with Crippen molar-refractivity contribution in [1.29, 1.82) is 5.26 Å². The zero-order chi connectivity index (χ0) is 33.2. The quantitative estimate of drug-likeness (QED) is 0.184. The monoisotopic (exact) mass is 719 g/mol. The van der Waals surface area contributed by atoms with Gasteiger partial charge in [-0.2, -0.15) is 5.26 Å². The normalized spacial score (nSPS) is 15.0. The molecule has 4 aromatic carbocycles. The highest BCUT2D eigenvalue weighted by atomic mass is 79.9. The maximum atomic E-state index is 14.3. The summed E-state index contributed by atoms with van der Waals surface area (Å²) in [5.74, 6) is 1.19. The van der Waals surface area contributed by atoms with Crippen LogP contribution in [0.3, 0.4) is 0 Å². The number of ether oxygens (including phenoxy) is 4. The molecule has 2 aliphatic heterocycles. The summed E-state index contributed by atoms with van der Waals surface area (Å²) in [6.07, 6.45) is 1.80. The Kier molecular flexibility index (Phi) is 8.67. The van der Waals surface area contributed by atoms with Crippen LogP contribution in [0.5, 0.6) is 17.2 Å². The van der Waals surface area contributed by atoms with Crippen molar-refractivity contribution in [3.05, 3.63) is 149 Å². The molecule has 5 aromatic rings. The smallest absolute Gasteiger partial charge is 0.338 e. The molecule has 0 bridgehead atoms. The molecule has 1 aromatic heterocycles. The molecule has 1 atom stereocenters. The van der Waals surface area contributed by atoms with E-state index < -0.39 is 12.0 Å². The number of benzene rings is 4. The molecule has 7 rings (SSSR count). The predicted octanol–water partition coefficient (Wildman–Crippen LogP) is 5.88. The minimum absolute atomic E-state index is 0.0895. The van der Waals surface area contributed by atoms with E-state index in [1.165, 1.54) is 11.3 Å². The highest BCUT2D eigenvalue weighted by molar-refractivity contribution is 9.10. The Balaban J connectivity index is 1.31. The number of carbonyl (C=O) groups excluding carboxylic acids is 1. The molecule has 3 heterocycles. The summed E-state index contributed by atoms with van der Waals surface area (Å²) in [5.41, 5.74) is 4.07. The Bertz CT molecular complexity index is 2310. The number of aromatic nitrogens is 1. The van der Waals surface area contributed by atoms with Crippen LogP contribution < -0.4 is 29.1 Å². The molecule has 0 saturated heterocycles. The number of carbonyl (C=O) groups is 1. The van der Waals surface area contributed by atoms with E-state index in [4.69, 9.17) is 29.2 Å². The number of nitriles is 1. The van der Waals surface area contributed by atoms with Gasteiger partial charge in [-0.1, -0.05) is 65.9 Å². The zero-order valence-electron chi connectivity index (χ0n) is 25.5. The highest BCUT2D eigenvalue weighted by Crippen LogP contribution is 2.40. The lowest BCUT2D eigenvalue weighted by molar-refractivity contribution is -0.138. The zero-order valence-corrected chi connectivity index (χ0v) is 27.9. The van der Waals surface area contributed by atoms with Crippen LogP contribution in [-0.2, 0) is 16.1 Å². The highest BCUT2D eigenvalue weighted by Gasteiger charge is 2.36. The molecular formula is C37H26BrN3O6S. The molecule has 0 saturated carbocycles. The van der Waals surface area contributed by atoms with Gasteiger partial charge in [-0.05, 0) is 82.0 Å². The van der Waals surface area contributed by atoms with Crippen molar-refractivity contribution < 1.29 is 23.7 Å². The van der Waals surface area contributed by atoms with E-state index in [0.29, 0.717) is 54.5 Å². The van der Waals surface area contributed by atoms with Crippen LogP contribution >= 0.6 is 27.3 Å². The molecule has 0 spiro atoms. The molecule has 9 nitrogen and oxygen atoms in total. The first-order valence-electron chi connectivity index (χ1n) is 15.0. The summed E-state index contributed by atoms with van der Waals surface area (Å²) in [6.45, 7) is 2.32. The van der Waals surface area contributed by atoms with Crippen LogP contribution in [0.4, 0.5) is 0 Å². The first-order chi connectivity index (χ1) is 23.4. The maximum Gasteiger partial charge on any atom is 0.338 e. The van der Waals surface area contributed by atoms with Gasteiger partial charge in [0.2, 0.25) is 6.79 Å². The van der Waals surface area contributed by atoms with Crippen LogP contribution in [0.1, 0.15) is 40.8 Å². The van der Waals surface area contributed by atoms with Crippen LogP contribution in [0, 0.1) is 11.3 Å². The fourth-order valence-corrected chi connectivity index (χ4v) is 7.06. The van der Waals surface area contributed by atoms with Crippen molar-refractivity contribution in [3.8, 4) is 23.3 Å². The van der Waals surface area contributed by atoms with Crippen molar-refractivity contribution >= 4 is 45.0 Å². The summed E-state index contributed by atoms with van der Waals surface area (Å²) in [7, 11) is 0. The summed E-state index contributed by atoms with van der Waals surface area (Å²) in [5, 5.41) is 9.03. The molecule has 11 heteroatoms. The van der Waals surface area contributed by atoms with Crippen molar-refractivity contribution in [2.24, 2.45) is 4.99 Å². The van der Waals surface area contributed by atoms with Crippen LogP contribution in [0.2, 0.25) is 0 Å². The Hall–Kier alpha value is -5.44. The third-order valence-electron chi connectivity index (χ3n) is 7.82. The van der Waals surface area contributed by atoms with E-state index in [1.807, 2.05) is 66.7 Å². The van der Waals surface area contributed by atoms with Crippen LogP contribution in [0.25, 0.3) is 11.8 Å². The Morgan fingerprint density at radius 3 is 2.60 bits per heavy atom. The SMILES string of the molecule is CCOC(=O)C1=C(c2ccccc2)N=c2s/c(=C\c3ccc(OCc4ccc(C#N)cc4)c(Br)c3)c(=O)n2[C@H]1c1ccc2c(c1)OCO2. The second kappa shape index (κ2) is 13.4. The summed E-state index contributed by atoms with van der Waals surface area (Å²) in [6, 6.07) is 28.9. The average Bonchev–Trinajstić information content (AvgIpc) is 3.71. The number of halogens is 1. The van der Waals surface area contributed by atoms with Gasteiger partial charge in [0.05, 0.1) is 44.6 Å². The van der Waals surface area contributed by atoms with Crippen LogP contribution in [-0.4, -0.2) is 23.9 Å². The van der Waals surface area contributed by atoms with Crippen molar-refractivity contribution in [3.63, 3.8) is 0 Å². The number of hydrogen-bond acceptors (Lipinski definition) is 9. The molecule has 238 valence electrons. The molecule has 0 amide bonds. The van der Waals surface area contributed by atoms with Gasteiger partial charge in [0.1, 0.15) is 12.4 Å². The number of hydrogen-bond donors (Lipinski definition) is 0. The van der Waals surface area contributed by atoms with Crippen molar-refractivity contribution in [2.75, 3.05) is 13.4 Å². The fraction of sp³-hybridized carbons (Fsp3) is 0.135. The minimum atomic E-state index is -0.836. The van der Waals surface area contributed by atoms with Crippen LogP contribution in [0.15, 0.2) is 111 Å². The van der Waals surface area contributed by atoms with Gasteiger partial charge >= 0.3 is 5.97 Å². The van der Waals surface area contributed by atoms with E-state index in [0.717, 1.165) is 16.7 Å². The predicted molar refractivity (Wildman–Crippen MR) is 183 cm³/mol. The molecule has 0 aliphatic carbocycles. The van der Waals surface area contributed by atoms with Crippen molar-refractivity contribution in [1.82, 2.24) is 4.57 Å². The van der Waals surface area contributed by atoms with E-state index in [2.05, 4.69) is 22.0 Å². The molecule has 0 unspecified atom stereocenters. The lowest BCUT2D eigenvalue weighted by Gasteiger charge is -2.26. The van der Waals surface area contributed by atoms with E-state index in [1.54, 1.807) is 41.8 Å². The first-order valence-corrected chi connectivity index (χ1v) is 16.6. The van der Waals surface area contributed by atoms with Gasteiger partial charge in [-0.25, -0.2) is 9.79 Å². The van der Waals surface area contributed by atoms with Gasteiger partial charge in [-0.15, -0.1) is 0 Å².